The van der Waals surface area contributed by atoms with Crippen LogP contribution in [0.3, 0.4) is 0 Å². The molecule has 0 bridgehead atoms. The quantitative estimate of drug-likeness (QED) is 0.881. The Kier molecular flexibility index (Phi) is 2.48. The molecule has 1 N–H and O–H groups in total. The number of aromatic nitrogens is 1. The zero-order valence-corrected chi connectivity index (χ0v) is 10.2. The molecule has 1 aromatic heterocycles. The fourth-order valence-electron chi connectivity index (χ4n) is 2.11. The molecule has 18 heavy (non-hydrogen) atoms. The van der Waals surface area contributed by atoms with Crippen LogP contribution in [0, 0.1) is 13.8 Å². The monoisotopic (exact) mass is 247 g/mol. The molecule has 0 amide bonds. The van der Waals surface area contributed by atoms with E-state index in [0.717, 1.165) is 16.8 Å². The second-order valence-electron chi connectivity index (χ2n) is 4.17. The predicted molar refractivity (Wildman–Crippen MR) is 63.5 cm³/mol. The van der Waals surface area contributed by atoms with Gasteiger partial charge in [-0.1, -0.05) is 0 Å². The molecule has 5 heteroatoms. The average Bonchev–Trinajstić information content (AvgIpc) is 2.93. The van der Waals surface area contributed by atoms with E-state index in [1.54, 1.807) is 13.0 Å². The van der Waals surface area contributed by atoms with Gasteiger partial charge in [0.25, 0.3) is 0 Å². The standard InChI is InChI=1S/C13H13NO4/c1-7-13(18-8(2)14-7)10-4-12-11(16-6-17-12)3-9(10)5-15/h3-4,15H,5-6H2,1-2H3. The maximum Gasteiger partial charge on any atom is 0.231 e. The number of hydrogen-bond donors (Lipinski definition) is 1. The van der Waals surface area contributed by atoms with Crippen LogP contribution in [0.25, 0.3) is 11.3 Å². The highest BCUT2D eigenvalue weighted by atomic mass is 16.7. The van der Waals surface area contributed by atoms with E-state index in [1.807, 2.05) is 13.0 Å². The smallest absolute Gasteiger partial charge is 0.231 e. The summed E-state index contributed by atoms with van der Waals surface area (Å²) in [5.41, 5.74) is 2.32. The Balaban J connectivity index is 2.19. The summed E-state index contributed by atoms with van der Waals surface area (Å²) in [7, 11) is 0. The van der Waals surface area contributed by atoms with Crippen LogP contribution in [0.15, 0.2) is 16.5 Å². The Morgan fingerprint density at radius 3 is 2.56 bits per heavy atom. The minimum atomic E-state index is -0.0921. The zero-order chi connectivity index (χ0) is 12.7. The van der Waals surface area contributed by atoms with Crippen molar-refractivity contribution in [2.24, 2.45) is 0 Å². The summed E-state index contributed by atoms with van der Waals surface area (Å²) in [5, 5.41) is 9.45. The molecule has 0 unspecified atom stereocenters. The molecule has 2 heterocycles. The van der Waals surface area contributed by atoms with Crippen molar-refractivity contribution in [1.82, 2.24) is 4.98 Å². The van der Waals surface area contributed by atoms with Gasteiger partial charge in [0.05, 0.1) is 12.3 Å². The number of nitrogens with zero attached hydrogens (tertiary/aromatic N) is 1. The van der Waals surface area contributed by atoms with Gasteiger partial charge in [-0.3, -0.25) is 0 Å². The number of ether oxygens (including phenoxy) is 2. The fourth-order valence-corrected chi connectivity index (χ4v) is 2.11. The fraction of sp³-hybridized carbons (Fsp3) is 0.308. The number of rotatable bonds is 2. The Labute approximate surface area is 104 Å². The van der Waals surface area contributed by atoms with Crippen LogP contribution >= 0.6 is 0 Å². The first-order valence-corrected chi connectivity index (χ1v) is 5.67. The molecule has 0 saturated carbocycles. The summed E-state index contributed by atoms with van der Waals surface area (Å²) < 4.78 is 16.2. The molecule has 1 aliphatic heterocycles. The van der Waals surface area contributed by atoms with Gasteiger partial charge in [0.2, 0.25) is 6.79 Å². The van der Waals surface area contributed by atoms with Crippen molar-refractivity contribution in [3.05, 3.63) is 29.3 Å². The van der Waals surface area contributed by atoms with Gasteiger partial charge in [-0.05, 0) is 24.6 Å². The van der Waals surface area contributed by atoms with Crippen molar-refractivity contribution in [2.75, 3.05) is 6.79 Å². The van der Waals surface area contributed by atoms with E-state index in [2.05, 4.69) is 4.98 Å². The minimum absolute atomic E-state index is 0.0921. The van der Waals surface area contributed by atoms with Gasteiger partial charge < -0.3 is 19.0 Å². The van der Waals surface area contributed by atoms with Gasteiger partial charge in [-0.25, -0.2) is 4.98 Å². The lowest BCUT2D eigenvalue weighted by Crippen LogP contribution is -1.92. The van der Waals surface area contributed by atoms with Gasteiger partial charge >= 0.3 is 0 Å². The van der Waals surface area contributed by atoms with Crippen LogP contribution in [0.2, 0.25) is 0 Å². The molecule has 94 valence electrons. The number of benzene rings is 1. The molecule has 0 radical (unpaired) electrons. The number of fused-ring (bicyclic) bond motifs is 1. The molecule has 5 nitrogen and oxygen atoms in total. The number of hydrogen-bond acceptors (Lipinski definition) is 5. The van der Waals surface area contributed by atoms with Crippen molar-refractivity contribution in [2.45, 2.75) is 20.5 Å². The lowest BCUT2D eigenvalue weighted by Gasteiger charge is -2.07. The van der Waals surface area contributed by atoms with Gasteiger partial charge in [-0.2, -0.15) is 0 Å². The van der Waals surface area contributed by atoms with Crippen LogP contribution in [0.1, 0.15) is 17.1 Å². The first-order chi connectivity index (χ1) is 8.69. The van der Waals surface area contributed by atoms with E-state index < -0.39 is 0 Å². The molecule has 0 aliphatic carbocycles. The summed E-state index contributed by atoms with van der Waals surface area (Å²) in [4.78, 5) is 4.24. The first kappa shape index (κ1) is 11.1. The number of aryl methyl sites for hydroxylation is 2. The Bertz CT molecular complexity index is 603. The zero-order valence-electron chi connectivity index (χ0n) is 10.2. The number of aliphatic hydroxyl groups is 1. The van der Waals surface area contributed by atoms with E-state index in [-0.39, 0.29) is 13.4 Å². The Hall–Kier alpha value is -2.01. The normalized spacial score (nSPS) is 13.1. The topological polar surface area (TPSA) is 64.7 Å². The van der Waals surface area contributed by atoms with E-state index in [4.69, 9.17) is 13.9 Å². The number of oxazole rings is 1. The lowest BCUT2D eigenvalue weighted by molar-refractivity contribution is 0.174. The van der Waals surface area contributed by atoms with Crippen molar-refractivity contribution in [3.8, 4) is 22.8 Å². The maximum atomic E-state index is 9.45. The summed E-state index contributed by atoms with van der Waals surface area (Å²) in [6.07, 6.45) is 0. The van der Waals surface area contributed by atoms with Crippen molar-refractivity contribution >= 4 is 0 Å². The molecular weight excluding hydrogens is 234 g/mol. The van der Waals surface area contributed by atoms with Gasteiger partial charge in [0, 0.05) is 12.5 Å². The predicted octanol–water partition coefficient (Wildman–Crippen LogP) is 2.18. The summed E-state index contributed by atoms with van der Waals surface area (Å²) >= 11 is 0. The highest BCUT2D eigenvalue weighted by molar-refractivity contribution is 5.69. The van der Waals surface area contributed by atoms with Crippen LogP contribution in [0.4, 0.5) is 0 Å². The maximum absolute atomic E-state index is 9.45. The second kappa shape index (κ2) is 4.03. The summed E-state index contributed by atoms with van der Waals surface area (Å²) in [6, 6.07) is 3.59. The van der Waals surface area contributed by atoms with E-state index in [1.165, 1.54) is 0 Å². The number of aliphatic hydroxyl groups excluding tert-OH is 1. The van der Waals surface area contributed by atoms with Crippen LogP contribution in [-0.2, 0) is 6.61 Å². The molecule has 0 fully saturated rings. The summed E-state index contributed by atoms with van der Waals surface area (Å²) in [6.45, 7) is 3.78. The van der Waals surface area contributed by atoms with Gasteiger partial charge in [-0.15, -0.1) is 0 Å². The van der Waals surface area contributed by atoms with E-state index >= 15 is 0 Å². The Morgan fingerprint density at radius 1 is 1.22 bits per heavy atom. The molecule has 0 atom stereocenters. The van der Waals surface area contributed by atoms with Crippen molar-refractivity contribution in [3.63, 3.8) is 0 Å². The highest BCUT2D eigenvalue weighted by Gasteiger charge is 2.21. The molecule has 0 saturated heterocycles. The summed E-state index contributed by atoms with van der Waals surface area (Å²) in [5.74, 6) is 2.58. The molecule has 3 rings (SSSR count). The third kappa shape index (κ3) is 1.64. The molecular formula is C13H13NO4. The van der Waals surface area contributed by atoms with Gasteiger partial charge in [0.15, 0.2) is 23.1 Å². The third-order valence-corrected chi connectivity index (χ3v) is 2.92. The molecule has 2 aromatic rings. The first-order valence-electron chi connectivity index (χ1n) is 5.67. The highest BCUT2D eigenvalue weighted by Crippen LogP contribution is 2.39. The largest absolute Gasteiger partial charge is 0.454 e. The van der Waals surface area contributed by atoms with Crippen molar-refractivity contribution < 1.29 is 19.0 Å². The van der Waals surface area contributed by atoms with Gasteiger partial charge in [0.1, 0.15) is 0 Å². The van der Waals surface area contributed by atoms with Crippen LogP contribution in [0.5, 0.6) is 11.5 Å². The van der Waals surface area contributed by atoms with Crippen molar-refractivity contribution in [1.29, 1.82) is 0 Å². The van der Waals surface area contributed by atoms with E-state index in [0.29, 0.717) is 23.1 Å². The average molecular weight is 247 g/mol. The second-order valence-corrected chi connectivity index (χ2v) is 4.17. The SMILES string of the molecule is Cc1nc(C)c(-c2cc3c(cc2CO)OCO3)o1. The molecule has 1 aromatic carbocycles. The van der Waals surface area contributed by atoms with E-state index in [9.17, 15) is 5.11 Å². The minimum Gasteiger partial charge on any atom is -0.454 e. The third-order valence-electron chi connectivity index (χ3n) is 2.92. The van der Waals surface area contributed by atoms with Crippen LogP contribution in [-0.4, -0.2) is 16.9 Å². The lowest BCUT2D eigenvalue weighted by atomic mass is 10.0. The Morgan fingerprint density at radius 2 is 1.94 bits per heavy atom. The molecule has 0 spiro atoms. The molecule has 1 aliphatic rings. The van der Waals surface area contributed by atoms with Crippen LogP contribution < -0.4 is 9.47 Å².